The monoisotopic (exact) mass is 215 g/mol. The van der Waals surface area contributed by atoms with E-state index in [1.54, 1.807) is 29.2 Å². The van der Waals surface area contributed by atoms with E-state index in [2.05, 4.69) is 5.32 Å². The molecule has 0 radical (unpaired) electrons. The molecule has 4 nitrogen and oxygen atoms in total. The van der Waals surface area contributed by atoms with E-state index in [4.69, 9.17) is 5.26 Å². The number of nitrogens with zero attached hydrogens (tertiary/aromatic N) is 2. The number of benzene rings is 1. The van der Waals surface area contributed by atoms with Crippen LogP contribution in [0.2, 0.25) is 0 Å². The molecule has 1 fully saturated rings. The maximum absolute atomic E-state index is 11.7. The van der Waals surface area contributed by atoms with Gasteiger partial charge in [-0.1, -0.05) is 6.07 Å². The van der Waals surface area contributed by atoms with Crippen molar-refractivity contribution in [2.24, 2.45) is 0 Å². The minimum absolute atomic E-state index is 0.0763. The topological polar surface area (TPSA) is 56.1 Å². The molecule has 1 aliphatic heterocycles. The third-order valence-corrected chi connectivity index (χ3v) is 2.64. The van der Waals surface area contributed by atoms with Gasteiger partial charge in [0, 0.05) is 18.8 Å². The predicted molar refractivity (Wildman–Crippen MR) is 61.0 cm³/mol. The van der Waals surface area contributed by atoms with Gasteiger partial charge in [-0.3, -0.25) is 0 Å². The molecule has 4 heteroatoms. The quantitative estimate of drug-likeness (QED) is 0.780. The Bertz CT molecular complexity index is 430. The number of carbonyl (C=O) groups is 1. The van der Waals surface area contributed by atoms with Crippen molar-refractivity contribution in [3.63, 3.8) is 0 Å². The van der Waals surface area contributed by atoms with Crippen LogP contribution < -0.4 is 5.32 Å². The van der Waals surface area contributed by atoms with Gasteiger partial charge in [0.25, 0.3) is 0 Å². The molecular formula is C12H13N3O. The number of nitrogens with one attached hydrogen (secondary N) is 1. The highest BCUT2D eigenvalue weighted by atomic mass is 16.2. The number of hydrogen-bond acceptors (Lipinski definition) is 2. The molecule has 16 heavy (non-hydrogen) atoms. The van der Waals surface area contributed by atoms with Gasteiger partial charge in [-0.2, -0.15) is 5.26 Å². The standard InChI is InChI=1S/C12H13N3O/c13-9-10-4-3-5-11(8-10)14-12(16)15-6-1-2-7-15/h3-5,8H,1-2,6-7H2,(H,14,16). The Balaban J connectivity index is 2.03. The van der Waals surface area contributed by atoms with Gasteiger partial charge in [-0.15, -0.1) is 0 Å². The predicted octanol–water partition coefficient (Wildman–Crippen LogP) is 2.19. The highest BCUT2D eigenvalue weighted by Gasteiger charge is 2.17. The molecule has 1 aromatic rings. The van der Waals surface area contributed by atoms with Crippen molar-refractivity contribution in [2.45, 2.75) is 12.8 Å². The molecule has 0 aromatic heterocycles. The summed E-state index contributed by atoms with van der Waals surface area (Å²) in [5.74, 6) is 0. The molecule has 1 saturated heterocycles. The number of urea groups is 1. The van der Waals surface area contributed by atoms with E-state index in [0.29, 0.717) is 11.3 Å². The SMILES string of the molecule is N#Cc1cccc(NC(=O)N2CCCC2)c1. The van der Waals surface area contributed by atoms with Gasteiger partial charge in [0.1, 0.15) is 0 Å². The molecule has 0 aliphatic carbocycles. The molecule has 1 aromatic carbocycles. The van der Waals surface area contributed by atoms with Crippen LogP contribution >= 0.6 is 0 Å². The molecule has 1 aliphatic rings. The van der Waals surface area contributed by atoms with Crippen molar-refractivity contribution in [2.75, 3.05) is 18.4 Å². The van der Waals surface area contributed by atoms with Crippen LogP contribution in [0.5, 0.6) is 0 Å². The van der Waals surface area contributed by atoms with E-state index in [1.807, 2.05) is 6.07 Å². The van der Waals surface area contributed by atoms with Crippen molar-refractivity contribution in [1.29, 1.82) is 5.26 Å². The second kappa shape index (κ2) is 4.67. The van der Waals surface area contributed by atoms with E-state index in [1.165, 1.54) is 0 Å². The van der Waals surface area contributed by atoms with Crippen LogP contribution in [-0.2, 0) is 0 Å². The summed E-state index contributed by atoms with van der Waals surface area (Å²) in [6.07, 6.45) is 2.15. The van der Waals surface area contributed by atoms with Crippen molar-refractivity contribution >= 4 is 11.7 Å². The second-order valence-corrected chi connectivity index (χ2v) is 3.82. The summed E-state index contributed by atoms with van der Waals surface area (Å²) in [7, 11) is 0. The Morgan fingerprint density at radius 2 is 2.12 bits per heavy atom. The maximum Gasteiger partial charge on any atom is 0.321 e. The van der Waals surface area contributed by atoms with Crippen LogP contribution in [0.25, 0.3) is 0 Å². The minimum Gasteiger partial charge on any atom is -0.325 e. The van der Waals surface area contributed by atoms with Crippen molar-refractivity contribution in [3.05, 3.63) is 29.8 Å². The van der Waals surface area contributed by atoms with Gasteiger partial charge in [0.15, 0.2) is 0 Å². The molecule has 0 saturated carbocycles. The van der Waals surface area contributed by atoms with Crippen LogP contribution in [0, 0.1) is 11.3 Å². The van der Waals surface area contributed by atoms with Crippen molar-refractivity contribution < 1.29 is 4.79 Å². The lowest BCUT2D eigenvalue weighted by molar-refractivity contribution is 0.222. The molecule has 0 bridgehead atoms. The van der Waals surface area contributed by atoms with Crippen LogP contribution in [0.1, 0.15) is 18.4 Å². The number of nitriles is 1. The summed E-state index contributed by atoms with van der Waals surface area (Å²) >= 11 is 0. The summed E-state index contributed by atoms with van der Waals surface area (Å²) in [5, 5.41) is 11.5. The Kier molecular flexibility index (Phi) is 3.06. The number of rotatable bonds is 1. The average molecular weight is 215 g/mol. The van der Waals surface area contributed by atoms with Gasteiger partial charge in [-0.05, 0) is 31.0 Å². The summed E-state index contributed by atoms with van der Waals surface area (Å²) < 4.78 is 0. The third kappa shape index (κ3) is 2.31. The van der Waals surface area contributed by atoms with Crippen LogP contribution in [0.15, 0.2) is 24.3 Å². The zero-order valence-corrected chi connectivity index (χ0v) is 8.94. The second-order valence-electron chi connectivity index (χ2n) is 3.82. The molecular weight excluding hydrogens is 202 g/mol. The maximum atomic E-state index is 11.7. The lowest BCUT2D eigenvalue weighted by Crippen LogP contribution is -2.32. The Labute approximate surface area is 94.5 Å². The highest BCUT2D eigenvalue weighted by molar-refractivity contribution is 5.89. The molecule has 0 atom stereocenters. The van der Waals surface area contributed by atoms with Crippen LogP contribution in [-0.4, -0.2) is 24.0 Å². The molecule has 2 amide bonds. The smallest absolute Gasteiger partial charge is 0.321 e. The Morgan fingerprint density at radius 1 is 1.38 bits per heavy atom. The normalized spacial score (nSPS) is 14.6. The Hall–Kier alpha value is -2.02. The first kappa shape index (κ1) is 10.5. The zero-order valence-electron chi connectivity index (χ0n) is 8.94. The van der Waals surface area contributed by atoms with Crippen LogP contribution in [0.4, 0.5) is 10.5 Å². The summed E-state index contributed by atoms with van der Waals surface area (Å²) in [6, 6.07) is 8.91. The minimum atomic E-state index is -0.0763. The van der Waals surface area contributed by atoms with E-state index in [-0.39, 0.29) is 6.03 Å². The number of anilines is 1. The number of hydrogen-bond donors (Lipinski definition) is 1. The zero-order chi connectivity index (χ0) is 11.4. The van der Waals surface area contributed by atoms with Crippen molar-refractivity contribution in [3.8, 4) is 6.07 Å². The fourth-order valence-electron chi connectivity index (χ4n) is 1.79. The average Bonchev–Trinajstić information content (AvgIpc) is 2.83. The highest BCUT2D eigenvalue weighted by Crippen LogP contribution is 2.13. The molecule has 1 N–H and O–H groups in total. The molecule has 2 rings (SSSR count). The summed E-state index contributed by atoms with van der Waals surface area (Å²) in [5.41, 5.74) is 1.23. The molecule has 1 heterocycles. The first-order valence-corrected chi connectivity index (χ1v) is 5.36. The summed E-state index contributed by atoms with van der Waals surface area (Å²) in [6.45, 7) is 1.65. The van der Waals surface area contributed by atoms with Gasteiger partial charge in [0.2, 0.25) is 0 Å². The fourth-order valence-corrected chi connectivity index (χ4v) is 1.79. The molecule has 0 unspecified atom stereocenters. The molecule has 82 valence electrons. The summed E-state index contributed by atoms with van der Waals surface area (Å²) in [4.78, 5) is 13.5. The Morgan fingerprint density at radius 3 is 2.81 bits per heavy atom. The number of amides is 2. The lowest BCUT2D eigenvalue weighted by atomic mass is 10.2. The number of likely N-dealkylation sites (tertiary alicyclic amines) is 1. The molecule has 0 spiro atoms. The van der Waals surface area contributed by atoms with E-state index in [9.17, 15) is 4.79 Å². The van der Waals surface area contributed by atoms with E-state index < -0.39 is 0 Å². The van der Waals surface area contributed by atoms with Crippen LogP contribution in [0.3, 0.4) is 0 Å². The van der Waals surface area contributed by atoms with Gasteiger partial charge < -0.3 is 10.2 Å². The van der Waals surface area contributed by atoms with E-state index in [0.717, 1.165) is 25.9 Å². The lowest BCUT2D eigenvalue weighted by Gasteiger charge is -2.16. The van der Waals surface area contributed by atoms with Crippen molar-refractivity contribution in [1.82, 2.24) is 4.90 Å². The third-order valence-electron chi connectivity index (χ3n) is 2.64. The van der Waals surface area contributed by atoms with E-state index >= 15 is 0 Å². The largest absolute Gasteiger partial charge is 0.325 e. The number of carbonyl (C=O) groups excluding carboxylic acids is 1. The van der Waals surface area contributed by atoms with Gasteiger partial charge in [-0.25, -0.2) is 4.79 Å². The fraction of sp³-hybridized carbons (Fsp3) is 0.333. The first-order valence-electron chi connectivity index (χ1n) is 5.36. The van der Waals surface area contributed by atoms with Gasteiger partial charge >= 0.3 is 6.03 Å². The first-order chi connectivity index (χ1) is 7.79. The van der Waals surface area contributed by atoms with Gasteiger partial charge in [0.05, 0.1) is 11.6 Å².